The molecular formula is C29H29F2NO5. The average molecular weight is 510 g/mol. The van der Waals surface area contributed by atoms with Gasteiger partial charge in [0.15, 0.2) is 11.5 Å². The van der Waals surface area contributed by atoms with Crippen molar-refractivity contribution in [2.24, 2.45) is 0 Å². The summed E-state index contributed by atoms with van der Waals surface area (Å²) in [5, 5.41) is 9.41. The van der Waals surface area contributed by atoms with E-state index in [2.05, 4.69) is 0 Å². The Balaban J connectivity index is 1.59. The van der Waals surface area contributed by atoms with E-state index in [-0.39, 0.29) is 24.3 Å². The maximum atomic E-state index is 14.1. The molecule has 0 radical (unpaired) electrons. The lowest BCUT2D eigenvalue weighted by molar-refractivity contribution is -0.137. The standard InChI is InChI=1S/C29H29F2NO5/c1-3-36-25-15-21(28(35)32(18-26(33)34)13-12-20-6-4-5-7-24(20)31)14-22-17-29(2,37-27(22)25)16-19-8-10-23(30)11-9-19/h4-11,14-15H,3,12-13,16-18H2,1-2H3,(H,33,34)/t29-/m0/s1. The summed E-state index contributed by atoms with van der Waals surface area (Å²) in [6.07, 6.45) is 1.17. The molecule has 0 unspecified atom stereocenters. The zero-order valence-corrected chi connectivity index (χ0v) is 20.8. The van der Waals surface area contributed by atoms with Crippen LogP contribution in [0.5, 0.6) is 11.5 Å². The van der Waals surface area contributed by atoms with Gasteiger partial charge in [0, 0.05) is 30.5 Å². The van der Waals surface area contributed by atoms with Crippen molar-refractivity contribution >= 4 is 11.9 Å². The predicted octanol–water partition coefficient (Wildman–Crippen LogP) is 5.07. The Morgan fingerprint density at radius 3 is 2.51 bits per heavy atom. The number of amides is 1. The molecule has 37 heavy (non-hydrogen) atoms. The van der Waals surface area contributed by atoms with Crippen LogP contribution in [0.4, 0.5) is 8.78 Å². The summed E-state index contributed by atoms with van der Waals surface area (Å²) in [6.45, 7) is 3.62. The van der Waals surface area contributed by atoms with Gasteiger partial charge >= 0.3 is 5.97 Å². The number of nitrogens with zero attached hydrogens (tertiary/aromatic N) is 1. The Bertz CT molecular complexity index is 1290. The Kier molecular flexibility index (Phi) is 7.76. The number of carboxylic acid groups (broad SMARTS) is 1. The first kappa shape index (κ1) is 26.1. The monoisotopic (exact) mass is 509 g/mol. The lowest BCUT2D eigenvalue weighted by atomic mass is 9.91. The first-order valence-corrected chi connectivity index (χ1v) is 12.1. The Morgan fingerprint density at radius 2 is 1.84 bits per heavy atom. The van der Waals surface area contributed by atoms with Crippen molar-refractivity contribution in [2.45, 2.75) is 38.7 Å². The molecule has 1 aliphatic rings. The number of halogens is 2. The third-order valence-electron chi connectivity index (χ3n) is 6.30. The molecule has 1 amide bonds. The van der Waals surface area contributed by atoms with Crippen molar-refractivity contribution in [1.29, 1.82) is 0 Å². The molecule has 194 valence electrons. The van der Waals surface area contributed by atoms with E-state index in [4.69, 9.17) is 9.47 Å². The largest absolute Gasteiger partial charge is 0.490 e. The van der Waals surface area contributed by atoms with Crippen LogP contribution >= 0.6 is 0 Å². The molecule has 1 atom stereocenters. The molecule has 0 aromatic heterocycles. The second-order valence-corrected chi connectivity index (χ2v) is 9.39. The van der Waals surface area contributed by atoms with Crippen LogP contribution in [0.2, 0.25) is 0 Å². The molecule has 6 nitrogen and oxygen atoms in total. The zero-order chi connectivity index (χ0) is 26.6. The van der Waals surface area contributed by atoms with E-state index in [1.54, 1.807) is 42.5 Å². The smallest absolute Gasteiger partial charge is 0.323 e. The fourth-order valence-electron chi connectivity index (χ4n) is 4.67. The van der Waals surface area contributed by atoms with Crippen molar-refractivity contribution in [3.05, 3.63) is 94.6 Å². The number of carbonyl (C=O) groups excluding carboxylic acids is 1. The number of rotatable bonds is 10. The van der Waals surface area contributed by atoms with Crippen LogP contribution < -0.4 is 9.47 Å². The minimum absolute atomic E-state index is 0.0336. The second kappa shape index (κ2) is 11.0. The van der Waals surface area contributed by atoms with E-state index in [9.17, 15) is 23.5 Å². The quantitative estimate of drug-likeness (QED) is 0.413. The van der Waals surface area contributed by atoms with E-state index in [1.165, 1.54) is 23.1 Å². The molecule has 0 fully saturated rings. The van der Waals surface area contributed by atoms with Gasteiger partial charge in [0.05, 0.1) is 6.61 Å². The van der Waals surface area contributed by atoms with Gasteiger partial charge in [-0.15, -0.1) is 0 Å². The Hall–Kier alpha value is -3.94. The van der Waals surface area contributed by atoms with E-state index in [0.29, 0.717) is 36.5 Å². The first-order valence-electron chi connectivity index (χ1n) is 12.1. The van der Waals surface area contributed by atoms with Gasteiger partial charge in [-0.3, -0.25) is 9.59 Å². The molecular weight excluding hydrogens is 480 g/mol. The van der Waals surface area contributed by atoms with Crippen molar-refractivity contribution < 1.29 is 33.0 Å². The van der Waals surface area contributed by atoms with Crippen molar-refractivity contribution in [3.63, 3.8) is 0 Å². The first-order chi connectivity index (χ1) is 17.7. The van der Waals surface area contributed by atoms with Crippen LogP contribution in [0.3, 0.4) is 0 Å². The molecule has 3 aromatic carbocycles. The Morgan fingerprint density at radius 1 is 1.11 bits per heavy atom. The molecule has 1 N–H and O–H groups in total. The predicted molar refractivity (Wildman–Crippen MR) is 134 cm³/mol. The minimum Gasteiger partial charge on any atom is -0.490 e. The molecule has 0 bridgehead atoms. The molecule has 0 saturated carbocycles. The number of carboxylic acids is 1. The summed E-state index contributed by atoms with van der Waals surface area (Å²) >= 11 is 0. The maximum absolute atomic E-state index is 14.1. The highest BCUT2D eigenvalue weighted by atomic mass is 19.1. The van der Waals surface area contributed by atoms with Crippen molar-refractivity contribution in [2.75, 3.05) is 19.7 Å². The third-order valence-corrected chi connectivity index (χ3v) is 6.30. The van der Waals surface area contributed by atoms with Crippen LogP contribution in [0.1, 0.15) is 40.9 Å². The van der Waals surface area contributed by atoms with E-state index >= 15 is 0 Å². The normalized spacial score (nSPS) is 16.1. The van der Waals surface area contributed by atoms with Gasteiger partial charge in [-0.25, -0.2) is 8.78 Å². The molecule has 8 heteroatoms. The summed E-state index contributed by atoms with van der Waals surface area (Å²) in [6, 6.07) is 15.7. The third kappa shape index (κ3) is 6.25. The van der Waals surface area contributed by atoms with Gasteiger partial charge < -0.3 is 19.5 Å². The topological polar surface area (TPSA) is 76.1 Å². The fourth-order valence-corrected chi connectivity index (χ4v) is 4.67. The second-order valence-electron chi connectivity index (χ2n) is 9.39. The number of ether oxygens (including phenoxy) is 2. The van der Waals surface area contributed by atoms with Gasteiger partial charge in [-0.1, -0.05) is 30.3 Å². The fraction of sp³-hybridized carbons (Fsp3) is 0.310. The summed E-state index contributed by atoms with van der Waals surface area (Å²) in [7, 11) is 0. The number of hydrogen-bond donors (Lipinski definition) is 1. The van der Waals surface area contributed by atoms with Gasteiger partial charge in [0.1, 0.15) is 23.8 Å². The van der Waals surface area contributed by atoms with Crippen LogP contribution in [-0.2, 0) is 24.1 Å². The number of hydrogen-bond acceptors (Lipinski definition) is 4. The van der Waals surface area contributed by atoms with Crippen LogP contribution in [0, 0.1) is 11.6 Å². The van der Waals surface area contributed by atoms with Crippen LogP contribution in [0.15, 0.2) is 60.7 Å². The SMILES string of the molecule is CCOc1cc(C(=O)N(CCc2ccccc2F)CC(=O)O)cc2c1O[C@@](C)(Cc1ccc(F)cc1)C2. The molecule has 1 aliphatic heterocycles. The van der Waals surface area contributed by atoms with Gasteiger partial charge in [0.2, 0.25) is 0 Å². The van der Waals surface area contributed by atoms with Gasteiger partial charge in [0.25, 0.3) is 5.91 Å². The minimum atomic E-state index is -1.16. The van der Waals surface area contributed by atoms with E-state index in [1.807, 2.05) is 13.8 Å². The lowest BCUT2D eigenvalue weighted by Crippen LogP contribution is -2.37. The van der Waals surface area contributed by atoms with Crippen LogP contribution in [0.25, 0.3) is 0 Å². The number of aliphatic carboxylic acids is 1. The highest BCUT2D eigenvalue weighted by molar-refractivity contribution is 5.97. The van der Waals surface area contributed by atoms with E-state index < -0.39 is 29.8 Å². The number of fused-ring (bicyclic) bond motifs is 1. The van der Waals surface area contributed by atoms with Gasteiger partial charge in [-0.05, 0) is 61.7 Å². The number of carbonyl (C=O) groups is 2. The molecule has 0 spiro atoms. The maximum Gasteiger partial charge on any atom is 0.323 e. The molecule has 0 saturated heterocycles. The summed E-state index contributed by atoms with van der Waals surface area (Å²) in [5.41, 5.74) is 1.71. The molecule has 3 aromatic rings. The highest BCUT2D eigenvalue weighted by Gasteiger charge is 2.38. The lowest BCUT2D eigenvalue weighted by Gasteiger charge is -2.24. The average Bonchev–Trinajstić information content (AvgIpc) is 3.19. The van der Waals surface area contributed by atoms with Crippen molar-refractivity contribution in [1.82, 2.24) is 4.90 Å². The summed E-state index contributed by atoms with van der Waals surface area (Å²) < 4.78 is 39.5. The highest BCUT2D eigenvalue weighted by Crippen LogP contribution is 2.44. The summed E-state index contributed by atoms with van der Waals surface area (Å²) in [4.78, 5) is 26.2. The Labute approximate surface area is 214 Å². The van der Waals surface area contributed by atoms with Gasteiger partial charge in [-0.2, -0.15) is 0 Å². The molecule has 0 aliphatic carbocycles. The zero-order valence-electron chi connectivity index (χ0n) is 20.8. The number of benzene rings is 3. The molecule has 4 rings (SSSR count). The van der Waals surface area contributed by atoms with Crippen LogP contribution in [-0.4, -0.2) is 47.2 Å². The van der Waals surface area contributed by atoms with E-state index in [0.717, 1.165) is 11.1 Å². The van der Waals surface area contributed by atoms with Crippen molar-refractivity contribution in [3.8, 4) is 11.5 Å². The molecule has 1 heterocycles. The summed E-state index contributed by atoms with van der Waals surface area (Å²) in [5.74, 6) is -1.43.